The summed E-state index contributed by atoms with van der Waals surface area (Å²) in [5.41, 5.74) is 3.34. The van der Waals surface area contributed by atoms with Crippen molar-refractivity contribution in [3.63, 3.8) is 0 Å². The third-order valence-electron chi connectivity index (χ3n) is 7.49. The Morgan fingerprint density at radius 1 is 1.11 bits per heavy atom. The van der Waals surface area contributed by atoms with Crippen molar-refractivity contribution in [1.29, 1.82) is 5.26 Å². The molecule has 0 saturated heterocycles. The van der Waals surface area contributed by atoms with E-state index in [1.165, 1.54) is 5.56 Å². The number of nitrogens with one attached hydrogen (secondary N) is 1. The lowest BCUT2D eigenvalue weighted by Crippen LogP contribution is -2.45. The van der Waals surface area contributed by atoms with Crippen LogP contribution in [0.5, 0.6) is 5.75 Å². The molecular weight excluding hydrogens is 496 g/mol. The predicted octanol–water partition coefficient (Wildman–Crippen LogP) is 7.82. The summed E-state index contributed by atoms with van der Waals surface area (Å²) in [5, 5.41) is 14.2. The van der Waals surface area contributed by atoms with E-state index in [2.05, 4.69) is 68.6 Å². The zero-order chi connectivity index (χ0) is 26.6. The van der Waals surface area contributed by atoms with Gasteiger partial charge in [-0.25, -0.2) is 9.97 Å². The molecule has 196 valence electrons. The van der Waals surface area contributed by atoms with Gasteiger partial charge in [-0.2, -0.15) is 17.0 Å². The van der Waals surface area contributed by atoms with Gasteiger partial charge in [0.1, 0.15) is 11.6 Å². The molecule has 1 fully saturated rings. The van der Waals surface area contributed by atoms with Crippen LogP contribution in [0.1, 0.15) is 57.6 Å². The summed E-state index contributed by atoms with van der Waals surface area (Å²) in [6.45, 7) is 11.5. The number of aromatic nitrogens is 2. The van der Waals surface area contributed by atoms with Crippen LogP contribution in [0, 0.1) is 11.3 Å². The third-order valence-corrected chi connectivity index (χ3v) is 12.7. The Hall–Kier alpha value is -2.60. The Balaban J connectivity index is 1.51. The van der Waals surface area contributed by atoms with Crippen molar-refractivity contribution in [2.45, 2.75) is 82.5 Å². The zero-order valence-corrected chi connectivity index (χ0v) is 24.6. The molecule has 1 saturated carbocycles. The smallest absolute Gasteiger partial charge is 0.227 e. The number of anilines is 2. The molecule has 0 aliphatic heterocycles. The second-order valence-corrected chi connectivity index (χ2v) is 17.0. The van der Waals surface area contributed by atoms with E-state index in [1.807, 2.05) is 18.2 Å². The number of nitriles is 1. The SMILES string of the molecule is CSCc1cccc(Nc2ncc3ccc(C#N)c(OC4CCC(O[Si](C)(C)C(C)(C)C)CC4)c3n2)c1. The summed E-state index contributed by atoms with van der Waals surface area (Å²) in [6.07, 6.45) is 7.94. The van der Waals surface area contributed by atoms with Gasteiger partial charge in [0.15, 0.2) is 14.1 Å². The fraction of sp³-hybridized carbons (Fsp3) is 0.483. The molecule has 0 amide bonds. The molecule has 8 heteroatoms. The fourth-order valence-electron chi connectivity index (χ4n) is 4.40. The summed E-state index contributed by atoms with van der Waals surface area (Å²) in [6, 6.07) is 14.2. The summed E-state index contributed by atoms with van der Waals surface area (Å²) in [4.78, 5) is 9.29. The van der Waals surface area contributed by atoms with E-state index >= 15 is 0 Å². The summed E-state index contributed by atoms with van der Waals surface area (Å²) in [5.74, 6) is 1.98. The highest BCUT2D eigenvalue weighted by Crippen LogP contribution is 2.40. The van der Waals surface area contributed by atoms with E-state index in [-0.39, 0.29) is 17.2 Å². The molecule has 1 N–H and O–H groups in total. The number of thioether (sulfide) groups is 1. The van der Waals surface area contributed by atoms with Gasteiger partial charge < -0.3 is 14.5 Å². The Kier molecular flexibility index (Phi) is 8.47. The Morgan fingerprint density at radius 3 is 2.51 bits per heavy atom. The summed E-state index contributed by atoms with van der Waals surface area (Å²) >= 11 is 1.79. The summed E-state index contributed by atoms with van der Waals surface area (Å²) < 4.78 is 13.2. The average molecular weight is 535 g/mol. The van der Waals surface area contributed by atoms with Gasteiger partial charge in [0.25, 0.3) is 0 Å². The van der Waals surface area contributed by atoms with Crippen molar-refractivity contribution in [3.8, 4) is 11.8 Å². The molecule has 4 rings (SSSR count). The number of hydrogen-bond donors (Lipinski definition) is 1. The van der Waals surface area contributed by atoms with Gasteiger partial charge in [-0.15, -0.1) is 0 Å². The fourth-order valence-corrected chi connectivity index (χ4v) is 6.34. The first kappa shape index (κ1) is 27.4. The van der Waals surface area contributed by atoms with Crippen molar-refractivity contribution in [3.05, 3.63) is 53.7 Å². The molecule has 6 nitrogen and oxygen atoms in total. The molecule has 2 aromatic carbocycles. The molecule has 1 aliphatic rings. The minimum Gasteiger partial charge on any atom is -0.487 e. The monoisotopic (exact) mass is 534 g/mol. The van der Waals surface area contributed by atoms with Gasteiger partial charge in [-0.05, 0) is 79.9 Å². The first-order valence-electron chi connectivity index (χ1n) is 13.0. The topological polar surface area (TPSA) is 80.1 Å². The number of ether oxygens (including phenoxy) is 1. The van der Waals surface area contributed by atoms with Crippen LogP contribution in [-0.4, -0.2) is 36.7 Å². The molecule has 1 aromatic heterocycles. The summed E-state index contributed by atoms with van der Waals surface area (Å²) in [7, 11) is -1.80. The highest BCUT2D eigenvalue weighted by Gasteiger charge is 2.40. The van der Waals surface area contributed by atoms with Gasteiger partial charge in [0.05, 0.1) is 11.7 Å². The molecule has 3 aromatic rings. The van der Waals surface area contributed by atoms with Crippen LogP contribution in [0.4, 0.5) is 11.6 Å². The van der Waals surface area contributed by atoms with Crippen LogP contribution in [0.15, 0.2) is 42.6 Å². The number of rotatable bonds is 8. The predicted molar refractivity (Wildman–Crippen MR) is 156 cm³/mol. The third kappa shape index (κ3) is 6.64. The van der Waals surface area contributed by atoms with E-state index in [0.717, 1.165) is 42.5 Å². The maximum atomic E-state index is 9.83. The molecular formula is C29H38N4O2SSi. The molecule has 1 aliphatic carbocycles. The van der Waals surface area contributed by atoms with Gasteiger partial charge in [0.2, 0.25) is 5.95 Å². The molecule has 0 radical (unpaired) electrons. The quantitative estimate of drug-likeness (QED) is 0.295. The molecule has 37 heavy (non-hydrogen) atoms. The maximum absolute atomic E-state index is 9.83. The second-order valence-electron chi connectivity index (χ2n) is 11.3. The van der Waals surface area contributed by atoms with Crippen LogP contribution < -0.4 is 10.1 Å². The van der Waals surface area contributed by atoms with E-state index in [0.29, 0.717) is 22.8 Å². The van der Waals surface area contributed by atoms with Crippen molar-refractivity contribution in [2.75, 3.05) is 11.6 Å². The highest BCUT2D eigenvalue weighted by atomic mass is 32.2. The number of benzene rings is 2. The lowest BCUT2D eigenvalue weighted by molar-refractivity contribution is 0.0731. The van der Waals surface area contributed by atoms with Gasteiger partial charge in [-0.1, -0.05) is 32.9 Å². The Labute approximate surface area is 226 Å². The molecule has 0 atom stereocenters. The molecule has 0 spiro atoms. The number of hydrogen-bond acceptors (Lipinski definition) is 7. The van der Waals surface area contributed by atoms with Crippen LogP contribution in [-0.2, 0) is 10.2 Å². The van der Waals surface area contributed by atoms with Gasteiger partial charge >= 0.3 is 0 Å². The number of nitrogens with zero attached hydrogens (tertiary/aromatic N) is 3. The van der Waals surface area contributed by atoms with Crippen LogP contribution in [0.3, 0.4) is 0 Å². The molecule has 0 bridgehead atoms. The lowest BCUT2D eigenvalue weighted by Gasteiger charge is -2.41. The maximum Gasteiger partial charge on any atom is 0.227 e. The minimum absolute atomic E-state index is 0.0339. The average Bonchev–Trinajstić information content (AvgIpc) is 2.85. The lowest BCUT2D eigenvalue weighted by atomic mass is 9.95. The zero-order valence-electron chi connectivity index (χ0n) is 22.8. The number of fused-ring (bicyclic) bond motifs is 1. The standard InChI is InChI=1S/C29H38N4O2SSi/c1-29(2,3)37(5,6)35-25-14-12-24(13-15-25)34-27-21(17-30)10-11-22-18-31-28(33-26(22)27)32-23-9-7-8-20(16-23)19-36-4/h7-11,16,18,24-25H,12-15,19H2,1-6H3,(H,31,32,33). The first-order chi connectivity index (χ1) is 17.6. The van der Waals surface area contributed by atoms with Crippen LogP contribution >= 0.6 is 11.8 Å². The first-order valence-corrected chi connectivity index (χ1v) is 17.3. The minimum atomic E-state index is -1.80. The molecule has 1 heterocycles. The van der Waals surface area contributed by atoms with Crippen molar-refractivity contribution < 1.29 is 9.16 Å². The Bertz CT molecular complexity index is 1280. The highest BCUT2D eigenvalue weighted by molar-refractivity contribution is 7.97. The second kappa shape index (κ2) is 11.4. The van der Waals surface area contributed by atoms with E-state index in [1.54, 1.807) is 24.0 Å². The van der Waals surface area contributed by atoms with Crippen molar-refractivity contribution >= 4 is 42.6 Å². The largest absolute Gasteiger partial charge is 0.487 e. The van der Waals surface area contributed by atoms with Crippen LogP contribution in [0.2, 0.25) is 18.1 Å². The normalized spacial score (nSPS) is 18.4. The van der Waals surface area contributed by atoms with E-state index in [9.17, 15) is 5.26 Å². The van der Waals surface area contributed by atoms with Crippen molar-refractivity contribution in [1.82, 2.24) is 9.97 Å². The Morgan fingerprint density at radius 2 is 1.84 bits per heavy atom. The van der Waals surface area contributed by atoms with Crippen molar-refractivity contribution in [2.24, 2.45) is 0 Å². The van der Waals surface area contributed by atoms with E-state index < -0.39 is 8.32 Å². The molecule has 0 unspecified atom stereocenters. The van der Waals surface area contributed by atoms with E-state index in [4.69, 9.17) is 14.1 Å². The van der Waals surface area contributed by atoms with Crippen LogP contribution in [0.25, 0.3) is 10.9 Å². The van der Waals surface area contributed by atoms with Gasteiger partial charge in [-0.3, -0.25) is 0 Å². The van der Waals surface area contributed by atoms with Gasteiger partial charge in [0, 0.05) is 29.1 Å².